The van der Waals surface area contributed by atoms with Crippen LogP contribution in [0.2, 0.25) is 0 Å². The highest BCUT2D eigenvalue weighted by atomic mass is 17.0. The second-order valence-corrected chi connectivity index (χ2v) is 2.82. The first-order valence-corrected chi connectivity index (χ1v) is 5.06. The molecule has 0 spiro atoms. The van der Waals surface area contributed by atoms with Gasteiger partial charge in [0.2, 0.25) is 0 Å². The molecular weight excluding hydrogens is 232 g/mol. The minimum Gasteiger partial charge on any atom is -0.314 e. The van der Waals surface area contributed by atoms with Crippen molar-refractivity contribution in [1.82, 2.24) is 0 Å². The van der Waals surface area contributed by atoms with Crippen molar-refractivity contribution < 1.29 is 19.8 Å². The Balaban J connectivity index is -0.000000224. The molecule has 8 nitrogen and oxygen atoms in total. The molecule has 0 unspecified atom stereocenters. The third-order valence-electron chi connectivity index (χ3n) is 1.55. The fourth-order valence-electron chi connectivity index (χ4n) is 0.725. The molecule has 0 aliphatic rings. The summed E-state index contributed by atoms with van der Waals surface area (Å²) in [7, 11) is 0. The molecule has 0 N–H and O–H groups in total. The number of hydrogen-bond donors (Lipinski definition) is 0. The van der Waals surface area contributed by atoms with Gasteiger partial charge in [-0.25, -0.2) is 0 Å². The number of hydrogen-bond acceptors (Lipinski definition) is 6. The first-order chi connectivity index (χ1) is 7.47. The summed E-state index contributed by atoms with van der Waals surface area (Å²) in [6.07, 6.45) is 1.84. The van der Waals surface area contributed by atoms with Crippen LogP contribution in [-0.2, 0) is 9.68 Å². The summed E-state index contributed by atoms with van der Waals surface area (Å²) in [6, 6.07) is 0. The van der Waals surface area contributed by atoms with E-state index in [-0.39, 0.29) is 20.1 Å². The van der Waals surface area contributed by atoms with Gasteiger partial charge in [-0.1, -0.05) is 28.2 Å². The maximum absolute atomic E-state index is 9.71. The molecule has 0 aromatic rings. The second-order valence-electron chi connectivity index (χ2n) is 2.82. The van der Waals surface area contributed by atoms with Gasteiger partial charge < -0.3 is 9.68 Å². The molecule has 0 heterocycles. The SMILES string of the molecule is C.CCC(CC)O[N+](=O)[O-].CCCO[N+](=O)[O-]. The average Bonchev–Trinajstić information content (AvgIpc) is 2.23. The van der Waals surface area contributed by atoms with Gasteiger partial charge in [-0.3, -0.25) is 0 Å². The molecule has 0 radical (unpaired) electrons. The predicted molar refractivity (Wildman–Crippen MR) is 62.4 cm³/mol. The predicted octanol–water partition coefficient (Wildman–Crippen LogP) is 2.62. The Hall–Kier alpha value is -1.60. The van der Waals surface area contributed by atoms with E-state index in [1.807, 2.05) is 20.8 Å². The first-order valence-electron chi connectivity index (χ1n) is 5.06. The quantitative estimate of drug-likeness (QED) is 0.510. The molecule has 0 saturated carbocycles. The molecule has 17 heavy (non-hydrogen) atoms. The van der Waals surface area contributed by atoms with Crippen LogP contribution < -0.4 is 0 Å². The molecule has 0 saturated heterocycles. The highest BCUT2D eigenvalue weighted by molar-refractivity contribution is 4.46. The van der Waals surface area contributed by atoms with Gasteiger partial charge in [-0.2, -0.15) is 0 Å². The molecule has 0 aromatic heterocycles. The van der Waals surface area contributed by atoms with Gasteiger partial charge in [-0.05, 0) is 19.3 Å². The third kappa shape index (κ3) is 20.5. The van der Waals surface area contributed by atoms with Crippen molar-refractivity contribution in [3.8, 4) is 0 Å². The summed E-state index contributed by atoms with van der Waals surface area (Å²) < 4.78 is 0. The lowest BCUT2D eigenvalue weighted by molar-refractivity contribution is -0.768. The molecule has 104 valence electrons. The van der Waals surface area contributed by atoms with Crippen LogP contribution in [0.3, 0.4) is 0 Å². The Morgan fingerprint density at radius 2 is 1.53 bits per heavy atom. The average molecular weight is 254 g/mol. The first kappa shape index (κ1) is 20.8. The van der Waals surface area contributed by atoms with Crippen molar-refractivity contribution in [1.29, 1.82) is 0 Å². The molecule has 0 aliphatic carbocycles. The second kappa shape index (κ2) is 14.4. The smallest absolute Gasteiger partial charge is 0.294 e. The highest BCUT2D eigenvalue weighted by Gasteiger charge is 2.06. The Morgan fingerprint density at radius 1 is 1.06 bits per heavy atom. The van der Waals surface area contributed by atoms with Crippen molar-refractivity contribution in [3.05, 3.63) is 20.2 Å². The zero-order valence-corrected chi connectivity index (χ0v) is 9.75. The Labute approximate surface area is 101 Å². The van der Waals surface area contributed by atoms with Gasteiger partial charge in [0.25, 0.3) is 10.2 Å². The Morgan fingerprint density at radius 3 is 1.65 bits per heavy atom. The molecule has 0 atom stereocenters. The molecule has 0 aromatic carbocycles. The fraction of sp³-hybridized carbons (Fsp3) is 1.00. The normalized spacial score (nSPS) is 8.47. The van der Waals surface area contributed by atoms with Crippen LogP contribution in [0.15, 0.2) is 0 Å². The third-order valence-corrected chi connectivity index (χ3v) is 1.55. The van der Waals surface area contributed by atoms with Crippen LogP contribution in [0.25, 0.3) is 0 Å². The minimum atomic E-state index is -0.788. The van der Waals surface area contributed by atoms with E-state index in [4.69, 9.17) is 0 Å². The van der Waals surface area contributed by atoms with Gasteiger partial charge in [0, 0.05) is 0 Å². The van der Waals surface area contributed by atoms with E-state index in [0.29, 0.717) is 19.3 Å². The van der Waals surface area contributed by atoms with Crippen LogP contribution in [0.4, 0.5) is 0 Å². The van der Waals surface area contributed by atoms with Crippen molar-refractivity contribution in [3.63, 3.8) is 0 Å². The Bertz CT molecular complexity index is 196. The highest BCUT2D eigenvalue weighted by Crippen LogP contribution is 2.01. The topological polar surface area (TPSA) is 105 Å². The lowest BCUT2D eigenvalue weighted by Gasteiger charge is -2.07. The maximum atomic E-state index is 9.71. The van der Waals surface area contributed by atoms with E-state index in [9.17, 15) is 20.2 Å². The summed E-state index contributed by atoms with van der Waals surface area (Å²) in [4.78, 5) is 27.2. The van der Waals surface area contributed by atoms with Crippen molar-refractivity contribution in [2.75, 3.05) is 6.61 Å². The summed E-state index contributed by atoms with van der Waals surface area (Å²) in [5.74, 6) is 0. The standard InChI is InChI=1S/C5H11NO3.C3H7NO3.CH4/c1-3-5(4-2)9-6(7)8;1-2-3-7-4(5)6;/h5H,3-4H2,1-2H3;2-3H2,1H3;1H4. The van der Waals surface area contributed by atoms with Crippen LogP contribution in [0.1, 0.15) is 47.5 Å². The van der Waals surface area contributed by atoms with Crippen molar-refractivity contribution >= 4 is 0 Å². The van der Waals surface area contributed by atoms with Crippen molar-refractivity contribution in [2.45, 2.75) is 53.6 Å². The summed E-state index contributed by atoms with van der Waals surface area (Å²) in [5, 5.41) is 17.5. The lowest BCUT2D eigenvalue weighted by atomic mass is 10.2. The largest absolute Gasteiger partial charge is 0.314 e. The van der Waals surface area contributed by atoms with E-state index in [2.05, 4.69) is 9.68 Å². The molecular formula is C9H22N2O6. The summed E-state index contributed by atoms with van der Waals surface area (Å²) >= 11 is 0. The van der Waals surface area contributed by atoms with Crippen LogP contribution in [-0.4, -0.2) is 22.9 Å². The summed E-state index contributed by atoms with van der Waals surface area (Å²) in [5.41, 5.74) is 0. The maximum Gasteiger partial charge on any atom is 0.294 e. The van der Waals surface area contributed by atoms with Gasteiger partial charge in [0.15, 0.2) is 0 Å². The zero-order chi connectivity index (χ0) is 13.0. The van der Waals surface area contributed by atoms with E-state index in [1.54, 1.807) is 0 Å². The van der Waals surface area contributed by atoms with Gasteiger partial charge in [-0.15, -0.1) is 20.2 Å². The molecule has 0 rings (SSSR count). The van der Waals surface area contributed by atoms with Crippen LogP contribution in [0.5, 0.6) is 0 Å². The summed E-state index contributed by atoms with van der Waals surface area (Å²) in [6.45, 7) is 5.73. The minimum absolute atomic E-state index is 0. The van der Waals surface area contributed by atoms with E-state index >= 15 is 0 Å². The van der Waals surface area contributed by atoms with Gasteiger partial charge in [0.1, 0.15) is 6.10 Å². The lowest BCUT2D eigenvalue weighted by Crippen LogP contribution is -2.14. The molecule has 0 amide bonds. The van der Waals surface area contributed by atoms with Gasteiger partial charge >= 0.3 is 0 Å². The number of nitrogens with zero attached hydrogens (tertiary/aromatic N) is 2. The van der Waals surface area contributed by atoms with Crippen molar-refractivity contribution in [2.24, 2.45) is 0 Å². The van der Waals surface area contributed by atoms with E-state index in [0.717, 1.165) is 0 Å². The van der Waals surface area contributed by atoms with E-state index in [1.165, 1.54) is 0 Å². The van der Waals surface area contributed by atoms with Crippen LogP contribution in [0, 0.1) is 20.2 Å². The molecule has 8 heteroatoms. The molecule has 0 fully saturated rings. The molecule has 0 aliphatic heterocycles. The Kier molecular flexibility index (Phi) is 17.6. The fourth-order valence-corrected chi connectivity index (χ4v) is 0.725. The van der Waals surface area contributed by atoms with E-state index < -0.39 is 10.2 Å². The zero-order valence-electron chi connectivity index (χ0n) is 9.75. The van der Waals surface area contributed by atoms with Gasteiger partial charge in [0.05, 0.1) is 6.61 Å². The molecule has 0 bridgehead atoms. The van der Waals surface area contributed by atoms with Crippen LogP contribution >= 0.6 is 0 Å². The monoisotopic (exact) mass is 254 g/mol. The number of rotatable bonds is 7.